The molecule has 0 N–H and O–H groups in total. The molecule has 7 heteroatoms. The third kappa shape index (κ3) is 3.62. The van der Waals surface area contributed by atoms with Crippen LogP contribution in [-0.2, 0) is 4.79 Å². The minimum Gasteiger partial charge on any atom is -0.334 e. The summed E-state index contributed by atoms with van der Waals surface area (Å²) in [6.07, 6.45) is 3.81. The van der Waals surface area contributed by atoms with Gasteiger partial charge >= 0.3 is 0 Å². The summed E-state index contributed by atoms with van der Waals surface area (Å²) in [7, 11) is 0. The number of hydrogen-bond donors (Lipinski definition) is 0. The molecule has 1 aliphatic heterocycles. The number of aromatic nitrogens is 3. The van der Waals surface area contributed by atoms with E-state index in [1.165, 1.54) is 16.6 Å². The fourth-order valence-electron chi connectivity index (χ4n) is 3.07. The molecule has 1 aliphatic rings. The van der Waals surface area contributed by atoms with Gasteiger partial charge in [0.15, 0.2) is 0 Å². The fraction of sp³-hybridized carbons (Fsp3) is 0.278. The van der Waals surface area contributed by atoms with E-state index in [1.807, 2.05) is 35.2 Å². The Morgan fingerprint density at radius 3 is 2.92 bits per heavy atom. The smallest absolute Gasteiger partial charge is 0.233 e. The molecule has 3 aromatic rings. The van der Waals surface area contributed by atoms with Gasteiger partial charge in [-0.25, -0.2) is 9.67 Å². The van der Waals surface area contributed by atoms with Crippen LogP contribution < -0.4 is 0 Å². The van der Waals surface area contributed by atoms with Gasteiger partial charge in [0, 0.05) is 11.4 Å². The average Bonchev–Trinajstić information content (AvgIpc) is 3.41. The van der Waals surface area contributed by atoms with Crippen molar-refractivity contribution in [3.05, 3.63) is 59.0 Å². The van der Waals surface area contributed by atoms with Crippen LogP contribution in [0.5, 0.6) is 0 Å². The quantitative estimate of drug-likeness (QED) is 0.641. The van der Waals surface area contributed by atoms with Crippen molar-refractivity contribution in [1.82, 2.24) is 19.7 Å². The SMILES string of the molecule is O=C(CSc1ncn(-c2ccccc2)n1)N1CCCC1c1cccs1. The molecule has 25 heavy (non-hydrogen) atoms. The largest absolute Gasteiger partial charge is 0.334 e. The van der Waals surface area contributed by atoms with Gasteiger partial charge in [-0.1, -0.05) is 36.0 Å². The van der Waals surface area contributed by atoms with Crippen molar-refractivity contribution in [2.75, 3.05) is 12.3 Å². The van der Waals surface area contributed by atoms with Gasteiger partial charge in [-0.2, -0.15) is 0 Å². The van der Waals surface area contributed by atoms with Crippen molar-refractivity contribution in [2.24, 2.45) is 0 Å². The molecule has 0 spiro atoms. The summed E-state index contributed by atoms with van der Waals surface area (Å²) in [6.45, 7) is 0.841. The van der Waals surface area contributed by atoms with Gasteiger partial charge in [-0.05, 0) is 36.4 Å². The molecular weight excluding hydrogens is 352 g/mol. The van der Waals surface area contributed by atoms with Crippen LogP contribution in [0.2, 0.25) is 0 Å². The lowest BCUT2D eigenvalue weighted by Crippen LogP contribution is -2.31. The Morgan fingerprint density at radius 1 is 1.24 bits per heavy atom. The number of carbonyl (C=O) groups excluding carboxylic acids is 1. The Bertz CT molecular complexity index is 832. The number of rotatable bonds is 5. The third-order valence-electron chi connectivity index (χ3n) is 4.26. The second kappa shape index (κ2) is 7.41. The van der Waals surface area contributed by atoms with Gasteiger partial charge < -0.3 is 4.90 Å². The van der Waals surface area contributed by atoms with Crippen LogP contribution in [0.15, 0.2) is 59.3 Å². The predicted octanol–water partition coefficient (Wildman–Crippen LogP) is 3.78. The summed E-state index contributed by atoms with van der Waals surface area (Å²) in [5.41, 5.74) is 0.963. The first-order chi connectivity index (χ1) is 12.3. The highest BCUT2D eigenvalue weighted by Gasteiger charge is 2.30. The topological polar surface area (TPSA) is 51.0 Å². The van der Waals surface area contributed by atoms with Crippen molar-refractivity contribution in [2.45, 2.75) is 24.0 Å². The van der Waals surface area contributed by atoms with E-state index in [-0.39, 0.29) is 11.9 Å². The highest BCUT2D eigenvalue weighted by atomic mass is 32.2. The molecular formula is C18H18N4OS2. The normalized spacial score (nSPS) is 17.1. The number of thioether (sulfide) groups is 1. The molecule has 1 aromatic carbocycles. The van der Waals surface area contributed by atoms with Gasteiger partial charge in [0.1, 0.15) is 6.33 Å². The summed E-state index contributed by atoms with van der Waals surface area (Å²) in [6, 6.07) is 14.3. The Balaban J connectivity index is 1.38. The molecule has 0 saturated carbocycles. The zero-order valence-electron chi connectivity index (χ0n) is 13.6. The van der Waals surface area contributed by atoms with Gasteiger partial charge in [0.05, 0.1) is 17.5 Å². The van der Waals surface area contributed by atoms with Crippen LogP contribution in [0.1, 0.15) is 23.8 Å². The summed E-state index contributed by atoms with van der Waals surface area (Å²) in [5.74, 6) is 0.540. The molecule has 1 atom stereocenters. The number of likely N-dealkylation sites (tertiary alicyclic amines) is 1. The third-order valence-corrected chi connectivity index (χ3v) is 6.07. The Labute approximate surface area is 154 Å². The highest BCUT2D eigenvalue weighted by Crippen LogP contribution is 2.35. The molecule has 0 radical (unpaired) electrons. The maximum atomic E-state index is 12.6. The van der Waals surface area contributed by atoms with Gasteiger partial charge in [0.25, 0.3) is 0 Å². The van der Waals surface area contributed by atoms with Crippen LogP contribution in [0.4, 0.5) is 0 Å². The van der Waals surface area contributed by atoms with E-state index in [0.717, 1.165) is 25.1 Å². The number of carbonyl (C=O) groups is 1. The molecule has 2 aromatic heterocycles. The second-order valence-corrected chi connectivity index (χ2v) is 7.78. The predicted molar refractivity (Wildman–Crippen MR) is 100 cm³/mol. The van der Waals surface area contributed by atoms with Crippen molar-refractivity contribution in [3.8, 4) is 5.69 Å². The van der Waals surface area contributed by atoms with E-state index in [2.05, 4.69) is 27.6 Å². The van der Waals surface area contributed by atoms with E-state index >= 15 is 0 Å². The van der Waals surface area contributed by atoms with Crippen LogP contribution in [0, 0.1) is 0 Å². The molecule has 3 heterocycles. The van der Waals surface area contributed by atoms with E-state index in [1.54, 1.807) is 22.3 Å². The first-order valence-corrected chi connectivity index (χ1v) is 10.1. The Kier molecular flexibility index (Phi) is 4.85. The summed E-state index contributed by atoms with van der Waals surface area (Å²) < 4.78 is 1.73. The standard InChI is InChI=1S/C18H18N4OS2/c23-17(21-10-4-8-15(21)16-9-5-11-24-16)12-25-18-19-13-22(20-18)14-6-2-1-3-7-14/h1-3,5-7,9,11,13,15H,4,8,10,12H2. The van der Waals surface area contributed by atoms with Crippen LogP contribution in [0.3, 0.4) is 0 Å². The van der Waals surface area contributed by atoms with Crippen LogP contribution in [0.25, 0.3) is 5.69 Å². The number of benzene rings is 1. The molecule has 0 aliphatic carbocycles. The van der Waals surface area contributed by atoms with Crippen LogP contribution >= 0.6 is 23.1 Å². The zero-order valence-corrected chi connectivity index (χ0v) is 15.2. The number of nitrogens with zero attached hydrogens (tertiary/aromatic N) is 4. The molecule has 1 saturated heterocycles. The van der Waals surface area contributed by atoms with Crippen molar-refractivity contribution in [3.63, 3.8) is 0 Å². The lowest BCUT2D eigenvalue weighted by atomic mass is 10.2. The van der Waals surface area contributed by atoms with E-state index in [9.17, 15) is 4.79 Å². The fourth-order valence-corrected chi connectivity index (χ4v) is 4.63. The van der Waals surface area contributed by atoms with Gasteiger partial charge in [-0.15, -0.1) is 16.4 Å². The Hall–Kier alpha value is -2.12. The molecule has 0 bridgehead atoms. The lowest BCUT2D eigenvalue weighted by molar-refractivity contribution is -0.129. The summed E-state index contributed by atoms with van der Waals surface area (Å²) in [5, 5.41) is 7.15. The Morgan fingerprint density at radius 2 is 2.12 bits per heavy atom. The van der Waals surface area contributed by atoms with E-state index < -0.39 is 0 Å². The monoisotopic (exact) mass is 370 g/mol. The minimum absolute atomic E-state index is 0.164. The zero-order chi connectivity index (χ0) is 17.1. The van der Waals surface area contributed by atoms with Gasteiger partial charge in [0.2, 0.25) is 11.1 Å². The first kappa shape index (κ1) is 16.4. The lowest BCUT2D eigenvalue weighted by Gasteiger charge is -2.23. The van der Waals surface area contributed by atoms with E-state index in [4.69, 9.17) is 0 Å². The van der Waals surface area contributed by atoms with Crippen molar-refractivity contribution < 1.29 is 4.79 Å². The molecule has 1 fully saturated rings. The highest BCUT2D eigenvalue weighted by molar-refractivity contribution is 7.99. The first-order valence-electron chi connectivity index (χ1n) is 8.24. The molecule has 5 nitrogen and oxygen atoms in total. The minimum atomic E-state index is 0.164. The maximum absolute atomic E-state index is 12.6. The second-order valence-electron chi connectivity index (χ2n) is 5.86. The number of thiophene rings is 1. The van der Waals surface area contributed by atoms with E-state index in [0.29, 0.717) is 10.9 Å². The van der Waals surface area contributed by atoms with Gasteiger partial charge in [-0.3, -0.25) is 4.79 Å². The molecule has 1 unspecified atom stereocenters. The summed E-state index contributed by atoms with van der Waals surface area (Å²) in [4.78, 5) is 20.2. The van der Waals surface area contributed by atoms with Crippen molar-refractivity contribution >= 4 is 29.0 Å². The van der Waals surface area contributed by atoms with Crippen molar-refractivity contribution in [1.29, 1.82) is 0 Å². The number of para-hydroxylation sites is 1. The molecule has 1 amide bonds. The van der Waals surface area contributed by atoms with Crippen LogP contribution in [-0.4, -0.2) is 37.9 Å². The average molecular weight is 371 g/mol. The number of hydrogen-bond acceptors (Lipinski definition) is 5. The molecule has 128 valence electrons. The molecule has 4 rings (SSSR count). The maximum Gasteiger partial charge on any atom is 0.233 e. The summed E-state index contributed by atoms with van der Waals surface area (Å²) >= 11 is 3.13. The number of amides is 1.